The van der Waals surface area contributed by atoms with Gasteiger partial charge in [0.1, 0.15) is 12.4 Å². The standard InChI is InChI=1S/C28H32O5/c1-6-31-25(29)28(26(30)32-7-2)19-23(28)21-16-11-17-22(27(3,4)5)24(21)33-18-12-15-20-13-9-8-10-14-20/h8-11,13-14,16-17,23H,6-7,18-19H2,1-5H3. The zero-order chi connectivity index (χ0) is 24.1. The molecule has 0 amide bonds. The number of hydrogen-bond donors (Lipinski definition) is 0. The fourth-order valence-corrected chi connectivity index (χ4v) is 4.04. The molecule has 0 spiro atoms. The number of ether oxygens (including phenoxy) is 3. The van der Waals surface area contributed by atoms with Gasteiger partial charge in [-0.25, -0.2) is 0 Å². The normalized spacial score (nSPS) is 16.2. The van der Waals surface area contributed by atoms with Gasteiger partial charge in [0.2, 0.25) is 0 Å². The van der Waals surface area contributed by atoms with Crippen molar-refractivity contribution in [2.24, 2.45) is 5.41 Å². The average Bonchev–Trinajstić information content (AvgIpc) is 3.54. The van der Waals surface area contributed by atoms with Crippen LogP contribution < -0.4 is 4.74 Å². The third-order valence-corrected chi connectivity index (χ3v) is 5.76. The van der Waals surface area contributed by atoms with Crippen molar-refractivity contribution in [2.45, 2.75) is 52.4 Å². The quantitative estimate of drug-likeness (QED) is 0.338. The lowest BCUT2D eigenvalue weighted by molar-refractivity contribution is -0.164. The van der Waals surface area contributed by atoms with Crippen LogP contribution >= 0.6 is 0 Å². The Bertz CT molecular complexity index is 1040. The number of rotatable bonds is 7. The lowest BCUT2D eigenvalue weighted by Crippen LogP contribution is -2.31. The van der Waals surface area contributed by atoms with Gasteiger partial charge in [-0.15, -0.1) is 0 Å². The highest BCUT2D eigenvalue weighted by molar-refractivity contribution is 6.05. The van der Waals surface area contributed by atoms with Gasteiger partial charge in [-0.05, 0) is 48.9 Å². The molecule has 1 aliphatic rings. The Morgan fingerprint density at radius 1 is 0.970 bits per heavy atom. The summed E-state index contributed by atoms with van der Waals surface area (Å²) < 4.78 is 16.8. The topological polar surface area (TPSA) is 61.8 Å². The number of hydrogen-bond acceptors (Lipinski definition) is 5. The lowest BCUT2D eigenvalue weighted by Gasteiger charge is -2.25. The van der Waals surface area contributed by atoms with E-state index in [1.807, 2.05) is 48.5 Å². The molecule has 5 nitrogen and oxygen atoms in total. The predicted octanol–water partition coefficient (Wildman–Crippen LogP) is 5.01. The van der Waals surface area contributed by atoms with Gasteiger partial charge < -0.3 is 14.2 Å². The van der Waals surface area contributed by atoms with Crippen LogP contribution in [0.15, 0.2) is 48.5 Å². The minimum atomic E-state index is -1.32. The molecule has 1 unspecified atom stereocenters. The smallest absolute Gasteiger partial charge is 0.324 e. The van der Waals surface area contributed by atoms with Crippen LogP contribution in [-0.4, -0.2) is 31.8 Å². The molecule has 3 rings (SSSR count). The van der Waals surface area contributed by atoms with Crippen LogP contribution in [0, 0.1) is 17.3 Å². The fourth-order valence-electron chi connectivity index (χ4n) is 4.04. The first-order valence-electron chi connectivity index (χ1n) is 11.4. The highest BCUT2D eigenvalue weighted by Crippen LogP contribution is 2.63. The molecular formula is C28H32O5. The van der Waals surface area contributed by atoms with Crippen LogP contribution in [-0.2, 0) is 24.5 Å². The van der Waals surface area contributed by atoms with Crippen LogP contribution in [0.1, 0.15) is 63.6 Å². The summed E-state index contributed by atoms with van der Waals surface area (Å²) in [5.74, 6) is 5.40. The molecule has 0 aromatic heterocycles. The van der Waals surface area contributed by atoms with Gasteiger partial charge >= 0.3 is 11.9 Å². The largest absolute Gasteiger partial charge is 0.480 e. The van der Waals surface area contributed by atoms with Crippen molar-refractivity contribution in [3.63, 3.8) is 0 Å². The van der Waals surface area contributed by atoms with Crippen LogP contribution in [0.5, 0.6) is 5.75 Å². The first kappa shape index (κ1) is 24.4. The highest BCUT2D eigenvalue weighted by atomic mass is 16.6. The van der Waals surface area contributed by atoms with E-state index >= 15 is 0 Å². The summed E-state index contributed by atoms with van der Waals surface area (Å²) in [6, 6.07) is 15.6. The Hall–Kier alpha value is -3.26. The number of para-hydroxylation sites is 1. The van der Waals surface area contributed by atoms with Crippen molar-refractivity contribution < 1.29 is 23.8 Å². The van der Waals surface area contributed by atoms with E-state index in [9.17, 15) is 9.59 Å². The summed E-state index contributed by atoms with van der Waals surface area (Å²) in [4.78, 5) is 25.7. The minimum Gasteiger partial charge on any atom is -0.480 e. The lowest BCUT2D eigenvalue weighted by atomic mass is 9.84. The molecule has 0 aliphatic heterocycles. The summed E-state index contributed by atoms with van der Waals surface area (Å²) >= 11 is 0. The molecule has 1 aliphatic carbocycles. The van der Waals surface area contributed by atoms with Crippen LogP contribution in [0.3, 0.4) is 0 Å². The summed E-state index contributed by atoms with van der Waals surface area (Å²) in [7, 11) is 0. The van der Waals surface area contributed by atoms with Crippen LogP contribution in [0.2, 0.25) is 0 Å². The molecule has 1 fully saturated rings. The zero-order valence-electron chi connectivity index (χ0n) is 20.1. The van der Waals surface area contributed by atoms with Crippen LogP contribution in [0.25, 0.3) is 0 Å². The van der Waals surface area contributed by atoms with Crippen molar-refractivity contribution in [2.75, 3.05) is 19.8 Å². The number of carbonyl (C=O) groups is 2. The van der Waals surface area contributed by atoms with Crippen molar-refractivity contribution in [1.29, 1.82) is 0 Å². The number of esters is 2. The fraction of sp³-hybridized carbons (Fsp3) is 0.429. The maximum atomic E-state index is 12.9. The second-order valence-electron chi connectivity index (χ2n) is 9.10. The summed E-state index contributed by atoms with van der Waals surface area (Å²) in [6.07, 6.45) is 0.338. The SMILES string of the molecule is CCOC(=O)C1(C(=O)OCC)CC1c1cccc(C(C)(C)C)c1OCC#Cc1ccccc1. The summed E-state index contributed by atoms with van der Waals surface area (Å²) in [5.41, 5.74) is 1.19. The van der Waals surface area contributed by atoms with E-state index in [1.54, 1.807) is 13.8 Å². The van der Waals surface area contributed by atoms with E-state index in [0.29, 0.717) is 12.2 Å². The first-order valence-corrected chi connectivity index (χ1v) is 11.4. The minimum absolute atomic E-state index is 0.188. The van der Waals surface area contributed by atoms with Gasteiger partial charge in [0.15, 0.2) is 5.41 Å². The average molecular weight is 449 g/mol. The van der Waals surface area contributed by atoms with Gasteiger partial charge in [0, 0.05) is 11.5 Å². The van der Waals surface area contributed by atoms with E-state index in [2.05, 4.69) is 32.6 Å². The van der Waals surface area contributed by atoms with E-state index in [-0.39, 0.29) is 31.2 Å². The van der Waals surface area contributed by atoms with Crippen LogP contribution in [0.4, 0.5) is 0 Å². The van der Waals surface area contributed by atoms with E-state index in [0.717, 1.165) is 16.7 Å². The van der Waals surface area contributed by atoms with E-state index in [4.69, 9.17) is 14.2 Å². The van der Waals surface area contributed by atoms with Gasteiger partial charge in [-0.2, -0.15) is 0 Å². The Labute approximate surface area is 196 Å². The molecule has 0 N–H and O–H groups in total. The maximum absolute atomic E-state index is 12.9. The Morgan fingerprint density at radius 2 is 1.61 bits per heavy atom. The molecular weight excluding hydrogens is 416 g/mol. The molecule has 5 heteroatoms. The molecule has 174 valence electrons. The van der Waals surface area contributed by atoms with E-state index < -0.39 is 17.4 Å². The third kappa shape index (κ3) is 5.22. The molecule has 2 aromatic carbocycles. The molecule has 0 heterocycles. The van der Waals surface area contributed by atoms with Crippen molar-refractivity contribution >= 4 is 11.9 Å². The van der Waals surface area contributed by atoms with Crippen molar-refractivity contribution in [3.8, 4) is 17.6 Å². The molecule has 2 aromatic rings. The maximum Gasteiger partial charge on any atom is 0.324 e. The zero-order valence-corrected chi connectivity index (χ0v) is 20.1. The van der Waals surface area contributed by atoms with Crippen molar-refractivity contribution in [3.05, 3.63) is 65.2 Å². The van der Waals surface area contributed by atoms with Gasteiger partial charge in [-0.3, -0.25) is 9.59 Å². The molecule has 1 saturated carbocycles. The Kier molecular flexibility index (Phi) is 7.48. The highest BCUT2D eigenvalue weighted by Gasteiger charge is 2.69. The molecule has 0 radical (unpaired) electrons. The Morgan fingerprint density at radius 3 is 2.18 bits per heavy atom. The van der Waals surface area contributed by atoms with Gasteiger partial charge in [0.25, 0.3) is 0 Å². The van der Waals surface area contributed by atoms with E-state index in [1.165, 1.54) is 0 Å². The van der Waals surface area contributed by atoms with Gasteiger partial charge in [0.05, 0.1) is 13.2 Å². The predicted molar refractivity (Wildman–Crippen MR) is 127 cm³/mol. The monoisotopic (exact) mass is 448 g/mol. The summed E-state index contributed by atoms with van der Waals surface area (Å²) in [5, 5.41) is 0. The molecule has 1 atom stereocenters. The van der Waals surface area contributed by atoms with Gasteiger partial charge in [-0.1, -0.05) is 69.0 Å². The van der Waals surface area contributed by atoms with Crippen molar-refractivity contribution in [1.82, 2.24) is 0 Å². The Balaban J connectivity index is 1.96. The molecule has 0 bridgehead atoms. The third-order valence-electron chi connectivity index (χ3n) is 5.76. The second-order valence-corrected chi connectivity index (χ2v) is 9.10. The summed E-state index contributed by atoms with van der Waals surface area (Å²) in [6.45, 7) is 10.4. The number of benzene rings is 2. The molecule has 0 saturated heterocycles. The first-order chi connectivity index (χ1) is 15.8. The second kappa shape index (κ2) is 10.1. The number of carbonyl (C=O) groups excluding carboxylic acids is 2. The molecule has 33 heavy (non-hydrogen) atoms.